The Bertz CT molecular complexity index is 84.1. The molecule has 1 rings (SSSR count). The summed E-state index contributed by atoms with van der Waals surface area (Å²) in [5.74, 6) is 0. The van der Waals surface area contributed by atoms with E-state index in [-0.39, 0.29) is 0 Å². The zero-order valence-electron chi connectivity index (χ0n) is 3.65. The molecular formula is C2H8P4. The van der Waals surface area contributed by atoms with E-state index in [0.29, 0.717) is 0 Å². The van der Waals surface area contributed by atoms with Crippen LogP contribution < -0.4 is 0 Å². The molecule has 0 nitrogen and oxygen atoms in total. The molecule has 0 saturated heterocycles. The Hall–Kier alpha value is 1.33. The summed E-state index contributed by atoms with van der Waals surface area (Å²) in [5.41, 5.74) is 0. The van der Waals surface area contributed by atoms with Gasteiger partial charge >= 0.3 is 0 Å². The maximum Gasteiger partial charge on any atom is -0.0302 e. The van der Waals surface area contributed by atoms with E-state index < -0.39 is 0 Å². The van der Waals surface area contributed by atoms with Gasteiger partial charge in [-0.1, -0.05) is 36.9 Å². The molecule has 3 atom stereocenters. The fourth-order valence-electron chi connectivity index (χ4n) is 0.262. The van der Waals surface area contributed by atoms with Crippen LogP contribution >= 0.6 is 29.9 Å². The van der Waals surface area contributed by atoms with Crippen LogP contribution in [0.2, 0.25) is 0 Å². The largest absolute Gasteiger partial charge is 0.0897 e. The smallest absolute Gasteiger partial charge is 0.0302 e. The second-order valence-electron chi connectivity index (χ2n) is 1.07. The average molecular weight is 156 g/mol. The summed E-state index contributed by atoms with van der Waals surface area (Å²) in [6.45, 7) is 3.03. The maximum atomic E-state index is 2.30. The maximum absolute atomic E-state index is 2.30. The molecule has 6 heavy (non-hydrogen) atoms. The predicted octanol–water partition coefficient (Wildman–Crippen LogP) is 3.20. The highest BCUT2D eigenvalue weighted by atomic mass is 32.8. The van der Waals surface area contributed by atoms with Crippen LogP contribution in [0.15, 0.2) is 0 Å². The minimum Gasteiger partial charge on any atom is -0.0897 e. The molecule has 1 aromatic heterocycles. The van der Waals surface area contributed by atoms with Gasteiger partial charge in [-0.05, 0) is 6.16 Å². The quantitative estimate of drug-likeness (QED) is 0.576. The van der Waals surface area contributed by atoms with E-state index in [1.165, 1.54) is 29.5 Å². The average Bonchev–Trinajstić information content (AvgIpc) is 2.21. The number of hydrogen-bond donors (Lipinski definition) is 0. The summed E-state index contributed by atoms with van der Waals surface area (Å²) in [4.78, 5) is 0. The zero-order chi connectivity index (χ0) is 4.41. The molecular weight excluding hydrogens is 148 g/mol. The second kappa shape index (κ2) is 2.59. The van der Waals surface area contributed by atoms with Crippen molar-refractivity contribution < 1.29 is 0 Å². The van der Waals surface area contributed by atoms with Gasteiger partial charge in [0.2, 0.25) is 0 Å². The molecule has 0 spiro atoms. The van der Waals surface area contributed by atoms with E-state index in [0.717, 1.165) is 6.58 Å². The first-order valence-electron chi connectivity index (χ1n) is 1.98. The highest BCUT2D eigenvalue weighted by molar-refractivity contribution is 8.78. The molecule has 0 fully saturated rings. The van der Waals surface area contributed by atoms with Gasteiger partial charge in [-0.2, -0.15) is 0 Å². The third-order valence-electron chi connectivity index (χ3n) is 0.540. The minimum absolute atomic E-state index is 0.733. The van der Waals surface area contributed by atoms with Crippen molar-refractivity contribution in [2.75, 3.05) is 6.16 Å². The van der Waals surface area contributed by atoms with E-state index in [1.807, 2.05) is 0 Å². The van der Waals surface area contributed by atoms with Crippen molar-refractivity contribution in [2.45, 2.75) is 6.92 Å². The van der Waals surface area contributed by atoms with Crippen LogP contribution in [0.3, 0.4) is 0 Å². The monoisotopic (exact) mass is 156 g/mol. The van der Waals surface area contributed by atoms with Crippen molar-refractivity contribution in [3.05, 3.63) is 0 Å². The Kier molecular flexibility index (Phi) is 2.36. The summed E-state index contributed by atoms with van der Waals surface area (Å²) < 4.78 is 0. The van der Waals surface area contributed by atoms with Gasteiger partial charge in [-0.15, -0.1) is 0 Å². The molecule has 0 amide bonds. The Morgan fingerprint density at radius 2 is 2.33 bits per heavy atom. The molecule has 4 heteroatoms. The van der Waals surface area contributed by atoms with Crippen molar-refractivity contribution in [3.8, 4) is 0 Å². The predicted molar refractivity (Wildman–Crippen MR) is 42.4 cm³/mol. The first-order chi connectivity index (χ1) is 2.93. The molecule has 0 N–H and O–H groups in total. The molecule has 1 aromatic rings. The summed E-state index contributed by atoms with van der Waals surface area (Å²) in [6.07, 6.45) is 1.46. The Morgan fingerprint density at radius 1 is 1.67 bits per heavy atom. The second-order valence-corrected chi connectivity index (χ2v) is 17.6. The summed E-state index contributed by atoms with van der Waals surface area (Å²) in [6, 6.07) is 0. The van der Waals surface area contributed by atoms with E-state index in [2.05, 4.69) is 6.92 Å². The lowest BCUT2D eigenvalue weighted by Crippen LogP contribution is -1.42. The molecule has 0 saturated carbocycles. The third-order valence-corrected chi connectivity index (χ3v) is 17.8. The van der Waals surface area contributed by atoms with Crippen molar-refractivity contribution in [3.63, 3.8) is 0 Å². The lowest BCUT2D eigenvalue weighted by Gasteiger charge is -1.77. The molecule has 36 valence electrons. The summed E-state index contributed by atoms with van der Waals surface area (Å²) in [7, 11) is 4.24. The van der Waals surface area contributed by atoms with Gasteiger partial charge in [-0.3, -0.25) is 0 Å². The highest BCUT2D eigenvalue weighted by Crippen LogP contribution is 2.76. The van der Waals surface area contributed by atoms with Gasteiger partial charge in [0.15, 0.2) is 0 Å². The lowest BCUT2D eigenvalue weighted by atomic mass is 11.0. The molecule has 0 aliphatic rings. The first kappa shape index (κ1) is 5.47. The Balaban J connectivity index is 2.09. The van der Waals surface area contributed by atoms with Gasteiger partial charge in [0.25, 0.3) is 0 Å². The van der Waals surface area contributed by atoms with Crippen LogP contribution in [0.5, 0.6) is 0 Å². The summed E-state index contributed by atoms with van der Waals surface area (Å²) in [5, 5.41) is 0. The molecule has 0 bridgehead atoms. The van der Waals surface area contributed by atoms with Gasteiger partial charge in [-0.25, -0.2) is 0 Å². The van der Waals surface area contributed by atoms with Gasteiger partial charge in [0, 0.05) is 0 Å². The molecule has 3 unspecified atom stereocenters. The zero-order valence-corrected chi connectivity index (χ0v) is 7.55. The van der Waals surface area contributed by atoms with Crippen molar-refractivity contribution in [2.24, 2.45) is 0 Å². The Morgan fingerprint density at radius 3 is 2.50 bits per heavy atom. The highest BCUT2D eigenvalue weighted by Gasteiger charge is 1.89. The topological polar surface area (TPSA) is 0 Å². The molecule has 0 aliphatic carbocycles. The van der Waals surface area contributed by atoms with Crippen LogP contribution in [0.25, 0.3) is 0 Å². The molecule has 0 aromatic carbocycles. The fourth-order valence-corrected chi connectivity index (χ4v) is 16.7. The van der Waals surface area contributed by atoms with Crippen molar-refractivity contribution in [1.82, 2.24) is 0 Å². The van der Waals surface area contributed by atoms with Crippen LogP contribution in [-0.4, -0.2) is 6.16 Å². The van der Waals surface area contributed by atoms with Crippen molar-refractivity contribution in [1.29, 1.82) is 0 Å². The molecule has 0 radical (unpaired) electrons. The number of hydrogen-bond acceptors (Lipinski definition) is 0. The van der Waals surface area contributed by atoms with E-state index in [4.69, 9.17) is 0 Å². The van der Waals surface area contributed by atoms with Crippen LogP contribution in [0.1, 0.15) is 6.92 Å². The van der Waals surface area contributed by atoms with E-state index >= 15 is 0 Å². The van der Waals surface area contributed by atoms with E-state index in [1.54, 1.807) is 0 Å². The van der Waals surface area contributed by atoms with Crippen LogP contribution in [0.4, 0.5) is 0 Å². The first-order valence-corrected chi connectivity index (χ1v) is 10.1. The standard InChI is InChI=1S/C2H8P4/c1-2-3-6-4-5-6/h3-5H,2H2,1H3. The SMILES string of the molecule is CCPp1[pH][pH]1. The lowest BCUT2D eigenvalue weighted by molar-refractivity contribution is 1.53. The van der Waals surface area contributed by atoms with Gasteiger partial charge < -0.3 is 0 Å². The minimum atomic E-state index is 0.733. The normalized spacial score (nSPS) is 17.8. The van der Waals surface area contributed by atoms with Crippen molar-refractivity contribution >= 4 is 29.9 Å². The molecule has 0 aliphatic heterocycles. The third kappa shape index (κ3) is 1.86. The van der Waals surface area contributed by atoms with E-state index in [9.17, 15) is 0 Å². The van der Waals surface area contributed by atoms with Crippen LogP contribution in [-0.2, 0) is 0 Å². The number of rotatable bonds is 2. The fraction of sp³-hybridized carbons (Fsp3) is 1.00. The van der Waals surface area contributed by atoms with Crippen LogP contribution in [0, 0.1) is 0 Å². The summed E-state index contributed by atoms with van der Waals surface area (Å²) >= 11 is 0. The van der Waals surface area contributed by atoms with Gasteiger partial charge in [0.1, 0.15) is 0 Å². The Labute approximate surface area is 43.7 Å². The molecule has 1 heterocycles. The van der Waals surface area contributed by atoms with Gasteiger partial charge in [0.05, 0.1) is 0 Å².